The van der Waals surface area contributed by atoms with E-state index in [2.05, 4.69) is 32.5 Å². The average molecular weight is 403 g/mol. The standard InChI is InChI=1S/C19H16BrFN2O2/c1-4-14-17(21)16(20)9-15-18(14)22-11(2)23-19(15)25-10-12-5-7-13(24-3)8-6-12/h4-9H,1,10H2,2-3H3. The van der Waals surface area contributed by atoms with E-state index in [1.54, 1.807) is 20.1 Å². The molecule has 0 bridgehead atoms. The van der Waals surface area contributed by atoms with Crippen LogP contribution < -0.4 is 9.47 Å². The second-order valence-electron chi connectivity index (χ2n) is 5.40. The van der Waals surface area contributed by atoms with Gasteiger partial charge in [-0.3, -0.25) is 0 Å². The molecule has 0 saturated carbocycles. The third-order valence-corrected chi connectivity index (χ3v) is 4.31. The van der Waals surface area contributed by atoms with Gasteiger partial charge in [-0.2, -0.15) is 4.98 Å². The van der Waals surface area contributed by atoms with E-state index >= 15 is 0 Å². The predicted molar refractivity (Wildman–Crippen MR) is 99.4 cm³/mol. The fourth-order valence-corrected chi connectivity index (χ4v) is 2.93. The molecule has 0 amide bonds. The topological polar surface area (TPSA) is 44.2 Å². The summed E-state index contributed by atoms with van der Waals surface area (Å²) in [5.41, 5.74) is 1.77. The maximum absolute atomic E-state index is 14.3. The van der Waals surface area contributed by atoms with Gasteiger partial charge in [0.2, 0.25) is 5.88 Å². The Hall–Kier alpha value is -2.47. The molecular formula is C19H16BrFN2O2. The second kappa shape index (κ2) is 7.19. The highest BCUT2D eigenvalue weighted by molar-refractivity contribution is 9.10. The van der Waals surface area contributed by atoms with Gasteiger partial charge in [0.25, 0.3) is 0 Å². The molecule has 0 aliphatic rings. The Morgan fingerprint density at radius 3 is 2.60 bits per heavy atom. The van der Waals surface area contributed by atoms with Crippen LogP contribution in [0.4, 0.5) is 4.39 Å². The number of hydrogen-bond donors (Lipinski definition) is 0. The number of methoxy groups -OCH3 is 1. The van der Waals surface area contributed by atoms with Crippen molar-refractivity contribution in [2.75, 3.05) is 7.11 Å². The molecule has 0 atom stereocenters. The Kier molecular flexibility index (Phi) is 4.99. The SMILES string of the molecule is C=Cc1c(F)c(Br)cc2c(OCc3ccc(OC)cc3)nc(C)nc12. The number of benzene rings is 2. The van der Waals surface area contributed by atoms with Crippen LogP contribution in [-0.4, -0.2) is 17.1 Å². The van der Waals surface area contributed by atoms with Gasteiger partial charge in [0.1, 0.15) is 24.0 Å². The normalized spacial score (nSPS) is 10.7. The third kappa shape index (κ3) is 3.49. The summed E-state index contributed by atoms with van der Waals surface area (Å²) in [4.78, 5) is 8.71. The van der Waals surface area contributed by atoms with Gasteiger partial charge in [-0.1, -0.05) is 24.8 Å². The zero-order valence-electron chi connectivity index (χ0n) is 13.8. The van der Waals surface area contributed by atoms with Gasteiger partial charge in [0, 0.05) is 5.56 Å². The lowest BCUT2D eigenvalue weighted by atomic mass is 10.1. The molecule has 6 heteroatoms. The highest BCUT2D eigenvalue weighted by Gasteiger charge is 2.16. The van der Waals surface area contributed by atoms with Crippen molar-refractivity contribution < 1.29 is 13.9 Å². The first-order valence-electron chi connectivity index (χ1n) is 7.58. The van der Waals surface area contributed by atoms with Crippen molar-refractivity contribution in [2.45, 2.75) is 13.5 Å². The fraction of sp³-hybridized carbons (Fsp3) is 0.158. The molecule has 0 spiro atoms. The van der Waals surface area contributed by atoms with Crippen LogP contribution in [0.2, 0.25) is 0 Å². The molecule has 25 heavy (non-hydrogen) atoms. The van der Waals surface area contributed by atoms with Crippen molar-refractivity contribution in [3.63, 3.8) is 0 Å². The predicted octanol–water partition coefficient (Wildman–Crippen LogP) is 5.07. The molecule has 0 radical (unpaired) electrons. The first-order valence-corrected chi connectivity index (χ1v) is 8.37. The largest absolute Gasteiger partial charge is 0.497 e. The fourth-order valence-electron chi connectivity index (χ4n) is 2.48. The number of rotatable bonds is 5. The summed E-state index contributed by atoms with van der Waals surface area (Å²) < 4.78 is 25.6. The summed E-state index contributed by atoms with van der Waals surface area (Å²) in [7, 11) is 1.62. The zero-order chi connectivity index (χ0) is 18.0. The van der Waals surface area contributed by atoms with Crippen molar-refractivity contribution in [3.05, 3.63) is 64.2 Å². The second-order valence-corrected chi connectivity index (χ2v) is 6.25. The summed E-state index contributed by atoms with van der Waals surface area (Å²) in [6.45, 7) is 5.75. The molecular weight excluding hydrogens is 387 g/mol. The smallest absolute Gasteiger partial charge is 0.225 e. The van der Waals surface area contributed by atoms with Crippen LogP contribution in [0.15, 0.2) is 41.4 Å². The average Bonchev–Trinajstić information content (AvgIpc) is 2.62. The van der Waals surface area contributed by atoms with Crippen LogP contribution in [0.25, 0.3) is 17.0 Å². The molecule has 1 aromatic heterocycles. The van der Waals surface area contributed by atoms with Crippen LogP contribution >= 0.6 is 15.9 Å². The van der Waals surface area contributed by atoms with Gasteiger partial charge in [0.05, 0.1) is 22.5 Å². The molecule has 3 aromatic rings. The van der Waals surface area contributed by atoms with Gasteiger partial charge in [0.15, 0.2) is 0 Å². The number of ether oxygens (including phenoxy) is 2. The lowest BCUT2D eigenvalue weighted by Gasteiger charge is -2.12. The van der Waals surface area contributed by atoms with Crippen molar-refractivity contribution in [3.8, 4) is 11.6 Å². The van der Waals surface area contributed by atoms with E-state index in [9.17, 15) is 4.39 Å². The molecule has 0 fully saturated rings. The van der Waals surface area contributed by atoms with E-state index in [1.165, 1.54) is 6.08 Å². The molecule has 0 N–H and O–H groups in total. The summed E-state index contributed by atoms with van der Waals surface area (Å²) in [6.07, 6.45) is 1.45. The zero-order valence-corrected chi connectivity index (χ0v) is 15.4. The summed E-state index contributed by atoms with van der Waals surface area (Å²) in [5, 5.41) is 0.627. The number of halogens is 2. The minimum absolute atomic E-state index is 0.316. The van der Waals surface area contributed by atoms with Crippen LogP contribution in [0, 0.1) is 12.7 Å². The summed E-state index contributed by atoms with van der Waals surface area (Å²) >= 11 is 3.22. The minimum Gasteiger partial charge on any atom is -0.497 e. The Bertz CT molecular complexity index is 943. The first kappa shape index (κ1) is 17.4. The molecule has 0 aliphatic carbocycles. The number of hydrogen-bond acceptors (Lipinski definition) is 4. The number of aryl methyl sites for hydroxylation is 1. The van der Waals surface area contributed by atoms with Crippen LogP contribution in [0.1, 0.15) is 17.0 Å². The number of nitrogens with zero attached hydrogens (tertiary/aromatic N) is 2. The van der Waals surface area contributed by atoms with Crippen molar-refractivity contribution in [1.82, 2.24) is 9.97 Å². The van der Waals surface area contributed by atoms with Gasteiger partial charge in [-0.25, -0.2) is 9.37 Å². The lowest BCUT2D eigenvalue weighted by molar-refractivity contribution is 0.296. The highest BCUT2D eigenvalue weighted by atomic mass is 79.9. The van der Waals surface area contributed by atoms with Crippen LogP contribution in [0.3, 0.4) is 0 Å². The van der Waals surface area contributed by atoms with E-state index in [-0.39, 0.29) is 0 Å². The van der Waals surface area contributed by atoms with E-state index in [4.69, 9.17) is 9.47 Å². The van der Waals surface area contributed by atoms with Crippen molar-refractivity contribution >= 4 is 32.9 Å². The van der Waals surface area contributed by atoms with Gasteiger partial charge >= 0.3 is 0 Å². The van der Waals surface area contributed by atoms with Crippen LogP contribution in [0.5, 0.6) is 11.6 Å². The molecule has 128 valence electrons. The van der Waals surface area contributed by atoms with E-state index < -0.39 is 5.82 Å². The van der Waals surface area contributed by atoms with Gasteiger partial charge in [-0.15, -0.1) is 0 Å². The first-order chi connectivity index (χ1) is 12.0. The Labute approximate surface area is 153 Å². The molecule has 0 aliphatic heterocycles. The maximum atomic E-state index is 14.3. The summed E-state index contributed by atoms with van der Waals surface area (Å²) in [6, 6.07) is 9.19. The molecule has 0 saturated heterocycles. The highest BCUT2D eigenvalue weighted by Crippen LogP contribution is 2.32. The van der Waals surface area contributed by atoms with Gasteiger partial charge in [-0.05, 0) is 46.6 Å². The Morgan fingerprint density at radius 1 is 1.24 bits per heavy atom. The summed E-state index contributed by atoms with van der Waals surface area (Å²) in [5.74, 6) is 1.29. The lowest BCUT2D eigenvalue weighted by Crippen LogP contribution is -2.02. The van der Waals surface area contributed by atoms with E-state index in [0.29, 0.717) is 39.3 Å². The van der Waals surface area contributed by atoms with Crippen molar-refractivity contribution in [1.29, 1.82) is 0 Å². The minimum atomic E-state index is -0.401. The molecule has 3 rings (SSSR count). The van der Waals surface area contributed by atoms with Gasteiger partial charge < -0.3 is 9.47 Å². The van der Waals surface area contributed by atoms with E-state index in [0.717, 1.165) is 11.3 Å². The van der Waals surface area contributed by atoms with Crippen molar-refractivity contribution in [2.24, 2.45) is 0 Å². The quantitative estimate of drug-likeness (QED) is 0.597. The Morgan fingerprint density at radius 2 is 1.96 bits per heavy atom. The van der Waals surface area contributed by atoms with Crippen LogP contribution in [-0.2, 0) is 6.61 Å². The molecule has 2 aromatic carbocycles. The third-order valence-electron chi connectivity index (χ3n) is 3.73. The number of fused-ring (bicyclic) bond motifs is 1. The Balaban J connectivity index is 2.00. The van der Waals surface area contributed by atoms with E-state index in [1.807, 2.05) is 24.3 Å². The molecule has 0 unspecified atom stereocenters. The molecule has 1 heterocycles. The maximum Gasteiger partial charge on any atom is 0.225 e. The molecule has 4 nitrogen and oxygen atoms in total. The number of aromatic nitrogens is 2. The monoisotopic (exact) mass is 402 g/mol.